The summed E-state index contributed by atoms with van der Waals surface area (Å²) in [6.07, 6.45) is 3.44. The zero-order chi connectivity index (χ0) is 28.3. The number of rotatable bonds is 9. The van der Waals surface area contributed by atoms with Crippen LogP contribution in [0.25, 0.3) is 6.08 Å². The van der Waals surface area contributed by atoms with E-state index in [-0.39, 0.29) is 11.5 Å². The fourth-order valence-corrected chi connectivity index (χ4v) is 6.24. The predicted octanol–water partition coefficient (Wildman–Crippen LogP) is 5.09. The number of thiazole rings is 1. The maximum absolute atomic E-state index is 13.9. The molecule has 0 saturated heterocycles. The molecule has 3 aromatic rings. The van der Waals surface area contributed by atoms with Crippen molar-refractivity contribution in [1.29, 1.82) is 0 Å². The van der Waals surface area contributed by atoms with Crippen LogP contribution < -0.4 is 24.4 Å². The SMILES string of the molecule is C=CCOc1c(Br)cc(/C=c2/sc3n(c2=O)[C@@H](c2ccc(Cl)cc2)C(C(=O)N(CC)CC)=C(C)N=3)cc1OC. The highest BCUT2D eigenvalue weighted by Crippen LogP contribution is 2.37. The van der Waals surface area contributed by atoms with Crippen LogP contribution >= 0.6 is 38.9 Å². The summed E-state index contributed by atoms with van der Waals surface area (Å²) in [5, 5.41) is 0.573. The van der Waals surface area contributed by atoms with E-state index in [1.807, 2.05) is 39.0 Å². The molecular formula is C29H29BrClN3O4S. The first-order valence-corrected chi connectivity index (χ1v) is 14.4. The Morgan fingerprint density at radius 2 is 1.95 bits per heavy atom. The standard InChI is InChI=1S/C29H29BrClN3O4S/c1-6-13-38-26-21(30)14-18(15-22(26)37-5)16-23-27(35)34-25(19-9-11-20(31)12-10-19)24(17(4)32-29(34)39-23)28(36)33(7-2)8-3/h6,9-12,14-16,25H,1,7-8,13H2,2-5H3/b23-16+/t25-/m0/s1. The lowest BCUT2D eigenvalue weighted by atomic mass is 9.94. The summed E-state index contributed by atoms with van der Waals surface area (Å²) in [6.45, 7) is 10.8. The Kier molecular flexibility index (Phi) is 9.15. The van der Waals surface area contributed by atoms with Gasteiger partial charge in [-0.25, -0.2) is 4.99 Å². The first-order chi connectivity index (χ1) is 18.7. The highest BCUT2D eigenvalue weighted by Gasteiger charge is 2.34. The minimum absolute atomic E-state index is 0.140. The van der Waals surface area contributed by atoms with Gasteiger partial charge in [0.1, 0.15) is 6.61 Å². The zero-order valence-electron chi connectivity index (χ0n) is 22.2. The van der Waals surface area contributed by atoms with Gasteiger partial charge in [-0.05, 0) is 78.2 Å². The zero-order valence-corrected chi connectivity index (χ0v) is 25.3. The van der Waals surface area contributed by atoms with E-state index >= 15 is 0 Å². The number of allylic oxidation sites excluding steroid dienone is 1. The Morgan fingerprint density at radius 3 is 2.56 bits per heavy atom. The molecule has 1 aliphatic heterocycles. The Balaban J connectivity index is 1.91. The van der Waals surface area contributed by atoms with Crippen LogP contribution in [0.3, 0.4) is 0 Å². The Labute approximate surface area is 244 Å². The lowest BCUT2D eigenvalue weighted by Crippen LogP contribution is -2.43. The number of ether oxygens (including phenoxy) is 2. The molecule has 0 fully saturated rings. The van der Waals surface area contributed by atoms with Crippen molar-refractivity contribution in [3.63, 3.8) is 0 Å². The predicted molar refractivity (Wildman–Crippen MR) is 160 cm³/mol. The van der Waals surface area contributed by atoms with Gasteiger partial charge in [0.2, 0.25) is 0 Å². The number of benzene rings is 2. The van der Waals surface area contributed by atoms with E-state index in [1.54, 1.807) is 46.9 Å². The van der Waals surface area contributed by atoms with Crippen molar-refractivity contribution in [2.75, 3.05) is 26.8 Å². The quantitative estimate of drug-likeness (QED) is 0.309. The van der Waals surface area contributed by atoms with Crippen LogP contribution in [-0.2, 0) is 4.79 Å². The fraction of sp³-hybridized carbons (Fsp3) is 0.276. The van der Waals surface area contributed by atoms with Crippen molar-refractivity contribution in [1.82, 2.24) is 9.47 Å². The maximum Gasteiger partial charge on any atom is 0.271 e. The number of carbonyl (C=O) groups excluding carboxylic acids is 1. The van der Waals surface area contributed by atoms with Gasteiger partial charge in [-0.1, -0.05) is 47.7 Å². The van der Waals surface area contributed by atoms with Gasteiger partial charge in [0.05, 0.1) is 33.4 Å². The molecule has 1 aliphatic rings. The third kappa shape index (κ3) is 5.76. The normalized spacial score (nSPS) is 15.0. The summed E-state index contributed by atoms with van der Waals surface area (Å²) < 4.78 is 14.0. The second kappa shape index (κ2) is 12.4. The van der Waals surface area contributed by atoms with Crippen LogP contribution in [-0.4, -0.2) is 42.2 Å². The second-order valence-corrected chi connectivity index (χ2v) is 11.0. The molecule has 7 nitrogen and oxygen atoms in total. The molecule has 39 heavy (non-hydrogen) atoms. The Morgan fingerprint density at radius 1 is 1.26 bits per heavy atom. The number of halogens is 2. The van der Waals surface area contributed by atoms with Crippen molar-refractivity contribution >= 4 is 50.9 Å². The van der Waals surface area contributed by atoms with Gasteiger partial charge in [0.15, 0.2) is 16.3 Å². The summed E-state index contributed by atoms with van der Waals surface area (Å²) in [7, 11) is 1.56. The third-order valence-electron chi connectivity index (χ3n) is 6.38. The number of hydrogen-bond acceptors (Lipinski definition) is 6. The van der Waals surface area contributed by atoms with Crippen molar-refractivity contribution in [2.24, 2.45) is 4.99 Å². The summed E-state index contributed by atoms with van der Waals surface area (Å²) >= 11 is 11.0. The number of amides is 1. The molecule has 204 valence electrons. The first kappa shape index (κ1) is 28.9. The van der Waals surface area contributed by atoms with Gasteiger partial charge >= 0.3 is 0 Å². The summed E-state index contributed by atoms with van der Waals surface area (Å²) in [4.78, 5) is 34.6. The van der Waals surface area contributed by atoms with Gasteiger partial charge < -0.3 is 14.4 Å². The molecule has 1 aromatic heterocycles. The van der Waals surface area contributed by atoms with Gasteiger partial charge in [-0.15, -0.1) is 0 Å². The van der Waals surface area contributed by atoms with Gasteiger partial charge in [-0.3, -0.25) is 14.2 Å². The molecule has 1 amide bonds. The van der Waals surface area contributed by atoms with Crippen LogP contribution in [0, 0.1) is 0 Å². The number of hydrogen-bond donors (Lipinski definition) is 0. The van der Waals surface area contributed by atoms with E-state index in [0.29, 0.717) is 61.3 Å². The van der Waals surface area contributed by atoms with Crippen molar-refractivity contribution in [2.45, 2.75) is 26.8 Å². The molecule has 0 N–H and O–H groups in total. The highest BCUT2D eigenvalue weighted by molar-refractivity contribution is 9.10. The lowest BCUT2D eigenvalue weighted by Gasteiger charge is -2.29. The third-order valence-corrected chi connectivity index (χ3v) is 8.21. The van der Waals surface area contributed by atoms with Crippen LogP contribution in [0.2, 0.25) is 5.02 Å². The van der Waals surface area contributed by atoms with Crippen LogP contribution in [0.15, 0.2) is 74.6 Å². The molecule has 2 aromatic carbocycles. The molecular weight excluding hydrogens is 602 g/mol. The molecule has 0 saturated carbocycles. The molecule has 10 heteroatoms. The van der Waals surface area contributed by atoms with Crippen LogP contribution in [0.5, 0.6) is 11.5 Å². The molecule has 0 unspecified atom stereocenters. The van der Waals surface area contributed by atoms with Gasteiger partial charge in [-0.2, -0.15) is 0 Å². The molecule has 4 rings (SSSR count). The number of methoxy groups -OCH3 is 1. The molecule has 2 heterocycles. The molecule has 0 aliphatic carbocycles. The fourth-order valence-electron chi connectivity index (χ4n) is 4.49. The average Bonchev–Trinajstić information content (AvgIpc) is 3.22. The van der Waals surface area contributed by atoms with E-state index in [1.165, 1.54) is 11.3 Å². The Hall–Kier alpha value is -3.14. The molecule has 0 bridgehead atoms. The van der Waals surface area contributed by atoms with E-state index in [2.05, 4.69) is 22.5 Å². The van der Waals surface area contributed by atoms with Crippen molar-refractivity contribution in [3.8, 4) is 11.5 Å². The van der Waals surface area contributed by atoms with E-state index < -0.39 is 6.04 Å². The molecule has 0 radical (unpaired) electrons. The smallest absolute Gasteiger partial charge is 0.271 e. The lowest BCUT2D eigenvalue weighted by molar-refractivity contribution is -0.127. The van der Waals surface area contributed by atoms with Crippen molar-refractivity contribution in [3.05, 3.63) is 101 Å². The van der Waals surface area contributed by atoms with Gasteiger partial charge in [0.25, 0.3) is 11.5 Å². The summed E-state index contributed by atoms with van der Waals surface area (Å²) in [5.74, 6) is 0.931. The van der Waals surface area contributed by atoms with Crippen LogP contribution in [0.1, 0.15) is 37.9 Å². The van der Waals surface area contributed by atoms with E-state index in [4.69, 9.17) is 26.1 Å². The second-order valence-electron chi connectivity index (χ2n) is 8.74. The largest absolute Gasteiger partial charge is 0.493 e. The maximum atomic E-state index is 13.9. The minimum Gasteiger partial charge on any atom is -0.493 e. The van der Waals surface area contributed by atoms with Gasteiger partial charge in [0, 0.05) is 18.1 Å². The first-order valence-electron chi connectivity index (χ1n) is 12.4. The monoisotopic (exact) mass is 629 g/mol. The summed E-state index contributed by atoms with van der Waals surface area (Å²) in [6, 6.07) is 10.3. The number of fused-ring (bicyclic) bond motifs is 1. The van der Waals surface area contributed by atoms with Crippen molar-refractivity contribution < 1.29 is 14.3 Å². The number of nitrogens with zero attached hydrogens (tertiary/aromatic N) is 3. The molecule has 1 atom stereocenters. The van der Waals surface area contributed by atoms with E-state index in [9.17, 15) is 9.59 Å². The molecule has 0 spiro atoms. The highest BCUT2D eigenvalue weighted by atomic mass is 79.9. The Bertz CT molecular complexity index is 1620. The van der Waals surface area contributed by atoms with Crippen LogP contribution in [0.4, 0.5) is 0 Å². The number of carbonyl (C=O) groups is 1. The topological polar surface area (TPSA) is 73.1 Å². The summed E-state index contributed by atoms with van der Waals surface area (Å²) in [5.41, 5.74) is 2.36. The van der Waals surface area contributed by atoms with E-state index in [0.717, 1.165) is 11.1 Å². The minimum atomic E-state index is -0.635. The average molecular weight is 631 g/mol. The number of aromatic nitrogens is 1. The number of likely N-dealkylation sites (N-methyl/N-ethyl adjacent to an activating group) is 1.